The predicted molar refractivity (Wildman–Crippen MR) is 85.2 cm³/mol. The number of anilines is 1. The molecule has 0 aromatic carbocycles. The Morgan fingerprint density at radius 3 is 2.48 bits per heavy atom. The minimum absolute atomic E-state index is 0.342. The number of nitrogens with zero attached hydrogens (tertiary/aromatic N) is 2. The van der Waals surface area contributed by atoms with Gasteiger partial charge in [-0.2, -0.15) is 0 Å². The summed E-state index contributed by atoms with van der Waals surface area (Å²) in [6, 6.07) is 3.70. The van der Waals surface area contributed by atoms with Gasteiger partial charge in [0, 0.05) is 13.1 Å². The van der Waals surface area contributed by atoms with Crippen LogP contribution in [0.15, 0.2) is 18.3 Å². The Morgan fingerprint density at radius 1 is 1.38 bits per heavy atom. The van der Waals surface area contributed by atoms with Gasteiger partial charge in [-0.25, -0.2) is 4.79 Å². The lowest BCUT2D eigenvalue weighted by atomic mass is 10.1. The van der Waals surface area contributed by atoms with Crippen molar-refractivity contribution in [3.63, 3.8) is 0 Å². The highest BCUT2D eigenvalue weighted by Gasteiger charge is 2.23. The standard InChI is InChI=1S/C16H27N3O2/c1-12(2)8-9-19(15(20)21-16(3,4)5)14-7-6-13(10-17)18-11-14/h6-7,11-12H,8-10,17H2,1-5H3. The summed E-state index contributed by atoms with van der Waals surface area (Å²) in [4.78, 5) is 18.3. The molecule has 0 unspecified atom stereocenters. The summed E-state index contributed by atoms with van der Waals surface area (Å²) < 4.78 is 5.48. The van der Waals surface area contributed by atoms with Crippen molar-refractivity contribution in [3.05, 3.63) is 24.0 Å². The normalized spacial score (nSPS) is 11.6. The van der Waals surface area contributed by atoms with Crippen molar-refractivity contribution in [2.45, 2.75) is 53.2 Å². The molecule has 0 bridgehead atoms. The fourth-order valence-electron chi connectivity index (χ4n) is 1.73. The van der Waals surface area contributed by atoms with Gasteiger partial charge in [0.05, 0.1) is 17.6 Å². The van der Waals surface area contributed by atoms with Gasteiger partial charge in [-0.15, -0.1) is 0 Å². The van der Waals surface area contributed by atoms with Crippen LogP contribution in [0.1, 0.15) is 46.7 Å². The molecule has 5 heteroatoms. The van der Waals surface area contributed by atoms with E-state index in [1.807, 2.05) is 32.9 Å². The molecular weight excluding hydrogens is 266 g/mol. The SMILES string of the molecule is CC(C)CCN(C(=O)OC(C)(C)C)c1ccc(CN)nc1. The molecule has 21 heavy (non-hydrogen) atoms. The fourth-order valence-corrected chi connectivity index (χ4v) is 1.73. The Labute approximate surface area is 127 Å². The van der Waals surface area contributed by atoms with E-state index in [1.54, 1.807) is 11.1 Å². The number of ether oxygens (including phenoxy) is 1. The molecule has 0 aliphatic carbocycles. The lowest BCUT2D eigenvalue weighted by Crippen LogP contribution is -2.38. The maximum atomic E-state index is 12.4. The molecule has 0 spiro atoms. The van der Waals surface area contributed by atoms with E-state index in [1.165, 1.54) is 0 Å². The largest absolute Gasteiger partial charge is 0.443 e. The first-order chi connectivity index (χ1) is 9.73. The number of amides is 1. The fraction of sp³-hybridized carbons (Fsp3) is 0.625. The second-order valence-corrected chi connectivity index (χ2v) is 6.53. The van der Waals surface area contributed by atoms with Gasteiger partial charge >= 0.3 is 6.09 Å². The number of nitrogens with two attached hydrogens (primary N) is 1. The summed E-state index contributed by atoms with van der Waals surface area (Å²) in [5, 5.41) is 0. The Bertz CT molecular complexity index is 450. The Balaban J connectivity index is 2.91. The lowest BCUT2D eigenvalue weighted by Gasteiger charge is -2.27. The third-order valence-electron chi connectivity index (χ3n) is 2.87. The summed E-state index contributed by atoms with van der Waals surface area (Å²) in [5.41, 5.74) is 6.57. The van der Waals surface area contributed by atoms with Crippen molar-refractivity contribution < 1.29 is 9.53 Å². The smallest absolute Gasteiger partial charge is 0.414 e. The Morgan fingerprint density at radius 2 is 2.05 bits per heavy atom. The molecule has 0 aliphatic heterocycles. The molecule has 1 heterocycles. The topological polar surface area (TPSA) is 68.5 Å². The average Bonchev–Trinajstić information content (AvgIpc) is 2.37. The number of carbonyl (C=O) groups excluding carboxylic acids is 1. The summed E-state index contributed by atoms with van der Waals surface area (Å²) in [6.07, 6.45) is 2.23. The highest BCUT2D eigenvalue weighted by atomic mass is 16.6. The summed E-state index contributed by atoms with van der Waals surface area (Å²) in [7, 11) is 0. The van der Waals surface area contributed by atoms with Gasteiger partial charge in [0.25, 0.3) is 0 Å². The van der Waals surface area contributed by atoms with Gasteiger partial charge in [-0.3, -0.25) is 9.88 Å². The Kier molecular flexibility index (Phi) is 6.15. The first-order valence-corrected chi connectivity index (χ1v) is 7.38. The number of carbonyl (C=O) groups is 1. The number of aromatic nitrogens is 1. The van der Waals surface area contributed by atoms with Gasteiger partial charge in [-0.1, -0.05) is 13.8 Å². The number of hydrogen-bond acceptors (Lipinski definition) is 4. The zero-order chi connectivity index (χ0) is 16.0. The van der Waals surface area contributed by atoms with Crippen LogP contribution in [-0.2, 0) is 11.3 Å². The van der Waals surface area contributed by atoms with E-state index < -0.39 is 5.60 Å². The maximum absolute atomic E-state index is 12.4. The van der Waals surface area contributed by atoms with Crippen LogP contribution in [0.3, 0.4) is 0 Å². The van der Waals surface area contributed by atoms with Crippen molar-refractivity contribution in [1.29, 1.82) is 0 Å². The molecule has 1 aromatic rings. The monoisotopic (exact) mass is 293 g/mol. The quantitative estimate of drug-likeness (QED) is 0.904. The molecule has 1 amide bonds. The molecule has 0 aliphatic rings. The van der Waals surface area contributed by atoms with Crippen LogP contribution in [0, 0.1) is 5.92 Å². The minimum Gasteiger partial charge on any atom is -0.443 e. The van der Waals surface area contributed by atoms with Gasteiger partial charge in [0.1, 0.15) is 5.60 Å². The summed E-state index contributed by atoms with van der Waals surface area (Å²) >= 11 is 0. The highest BCUT2D eigenvalue weighted by Crippen LogP contribution is 2.19. The van der Waals surface area contributed by atoms with Gasteiger partial charge in [-0.05, 0) is 45.2 Å². The van der Waals surface area contributed by atoms with E-state index in [2.05, 4.69) is 18.8 Å². The van der Waals surface area contributed by atoms with E-state index in [0.717, 1.165) is 17.8 Å². The third kappa shape index (κ3) is 6.12. The van der Waals surface area contributed by atoms with Crippen LogP contribution in [0.2, 0.25) is 0 Å². The van der Waals surface area contributed by atoms with Crippen LogP contribution in [0.5, 0.6) is 0 Å². The maximum Gasteiger partial charge on any atom is 0.414 e. The van der Waals surface area contributed by atoms with E-state index in [9.17, 15) is 4.79 Å². The van der Waals surface area contributed by atoms with E-state index >= 15 is 0 Å². The molecule has 0 saturated carbocycles. The van der Waals surface area contributed by atoms with Crippen molar-refractivity contribution in [2.75, 3.05) is 11.4 Å². The first-order valence-electron chi connectivity index (χ1n) is 7.38. The van der Waals surface area contributed by atoms with Crippen LogP contribution in [-0.4, -0.2) is 23.2 Å². The van der Waals surface area contributed by atoms with Crippen LogP contribution < -0.4 is 10.6 Å². The van der Waals surface area contributed by atoms with Crippen LogP contribution >= 0.6 is 0 Å². The minimum atomic E-state index is -0.516. The van der Waals surface area contributed by atoms with Crippen molar-refractivity contribution >= 4 is 11.8 Å². The molecule has 0 atom stereocenters. The summed E-state index contributed by atoms with van der Waals surface area (Å²) in [5.74, 6) is 0.506. The van der Waals surface area contributed by atoms with Crippen molar-refractivity contribution in [1.82, 2.24) is 4.98 Å². The van der Waals surface area contributed by atoms with Crippen LogP contribution in [0.25, 0.3) is 0 Å². The molecule has 0 fully saturated rings. The molecule has 5 nitrogen and oxygen atoms in total. The number of pyridine rings is 1. The van der Waals surface area contributed by atoms with Crippen LogP contribution in [0.4, 0.5) is 10.5 Å². The zero-order valence-electron chi connectivity index (χ0n) is 13.7. The molecule has 0 radical (unpaired) electrons. The molecule has 118 valence electrons. The second kappa shape index (κ2) is 7.41. The van der Waals surface area contributed by atoms with Gasteiger partial charge in [0.15, 0.2) is 0 Å². The molecular formula is C16H27N3O2. The predicted octanol–water partition coefficient (Wildman–Crippen LogP) is 3.33. The number of rotatable bonds is 5. The Hall–Kier alpha value is -1.62. The first kappa shape index (κ1) is 17.4. The number of hydrogen-bond donors (Lipinski definition) is 1. The van der Waals surface area contributed by atoms with Crippen molar-refractivity contribution in [2.24, 2.45) is 11.7 Å². The van der Waals surface area contributed by atoms with E-state index in [4.69, 9.17) is 10.5 Å². The van der Waals surface area contributed by atoms with E-state index in [-0.39, 0.29) is 6.09 Å². The molecule has 1 rings (SSSR count). The van der Waals surface area contributed by atoms with Gasteiger partial charge in [0.2, 0.25) is 0 Å². The second-order valence-electron chi connectivity index (χ2n) is 6.53. The highest BCUT2D eigenvalue weighted by molar-refractivity contribution is 5.87. The molecule has 1 aromatic heterocycles. The lowest BCUT2D eigenvalue weighted by molar-refractivity contribution is 0.0579. The zero-order valence-corrected chi connectivity index (χ0v) is 13.7. The molecule has 2 N–H and O–H groups in total. The van der Waals surface area contributed by atoms with E-state index in [0.29, 0.717) is 19.0 Å². The molecule has 0 saturated heterocycles. The van der Waals surface area contributed by atoms with Gasteiger partial charge < -0.3 is 10.5 Å². The average molecular weight is 293 g/mol. The van der Waals surface area contributed by atoms with Crippen molar-refractivity contribution in [3.8, 4) is 0 Å². The summed E-state index contributed by atoms with van der Waals surface area (Å²) in [6.45, 7) is 10.8. The third-order valence-corrected chi connectivity index (χ3v) is 2.87.